The van der Waals surface area contributed by atoms with Crippen LogP contribution in [0.4, 0.5) is 26.2 Å². The number of nitrogens with zero attached hydrogens (tertiary/aromatic N) is 7. The maximum absolute atomic E-state index is 15.3. The fraction of sp³-hybridized carbons (Fsp3) is 0.414. The second-order valence-corrected chi connectivity index (χ2v) is 11.1. The maximum Gasteiger partial charge on any atom is 0.254 e. The molecule has 10 nitrogen and oxygen atoms in total. The lowest BCUT2D eigenvalue weighted by Crippen LogP contribution is -2.35. The quantitative estimate of drug-likeness (QED) is 0.362. The standard InChI is InChI=1S/C29H30F2N8O2/c30-22-11-18(28(41)38-10-7-21(40)14-38)3-4-24(22)36-26-25-23(31)15-39(27(25)35-16-34-26)20-5-8-37(9-6-20)29-32-12-19(13-33-29)17-1-2-17/h3-4,11-13,15-17,20-21,40H,1-2,5-10,14H2,(H,34,35,36). The molecule has 2 aliphatic heterocycles. The normalized spacial score (nSPS) is 19.7. The summed E-state index contributed by atoms with van der Waals surface area (Å²) in [5, 5.41) is 12.8. The van der Waals surface area contributed by atoms with Gasteiger partial charge in [0.1, 0.15) is 23.6 Å². The molecule has 1 atom stereocenters. The fourth-order valence-electron chi connectivity index (χ4n) is 5.86. The summed E-state index contributed by atoms with van der Waals surface area (Å²) in [6.07, 6.45) is 10.5. The van der Waals surface area contributed by atoms with Gasteiger partial charge in [-0.25, -0.2) is 28.7 Å². The van der Waals surface area contributed by atoms with E-state index in [9.17, 15) is 9.90 Å². The highest BCUT2D eigenvalue weighted by Crippen LogP contribution is 2.39. The molecule has 0 spiro atoms. The van der Waals surface area contributed by atoms with Gasteiger partial charge >= 0.3 is 0 Å². The number of anilines is 3. The minimum absolute atomic E-state index is 0.0258. The average Bonchev–Trinajstić information content (AvgIpc) is 3.67. The summed E-state index contributed by atoms with van der Waals surface area (Å²) in [6.45, 7) is 2.13. The zero-order chi connectivity index (χ0) is 28.1. The molecule has 1 saturated carbocycles. The Balaban J connectivity index is 1.07. The Morgan fingerprint density at radius 1 is 0.951 bits per heavy atom. The van der Waals surface area contributed by atoms with E-state index in [2.05, 4.69) is 30.2 Å². The van der Waals surface area contributed by atoms with Gasteiger partial charge in [0.15, 0.2) is 5.82 Å². The molecule has 1 aliphatic carbocycles. The zero-order valence-corrected chi connectivity index (χ0v) is 22.4. The number of halogens is 2. The molecule has 1 unspecified atom stereocenters. The number of aliphatic hydroxyl groups excluding tert-OH is 1. The predicted octanol–water partition coefficient (Wildman–Crippen LogP) is 4.17. The largest absolute Gasteiger partial charge is 0.391 e. The van der Waals surface area contributed by atoms with Gasteiger partial charge in [0.25, 0.3) is 5.91 Å². The van der Waals surface area contributed by atoms with Gasteiger partial charge in [-0.1, -0.05) is 0 Å². The highest BCUT2D eigenvalue weighted by Gasteiger charge is 2.28. The Morgan fingerprint density at radius 3 is 2.41 bits per heavy atom. The van der Waals surface area contributed by atoms with E-state index in [-0.39, 0.29) is 40.9 Å². The van der Waals surface area contributed by atoms with Crippen LogP contribution in [0.2, 0.25) is 0 Å². The summed E-state index contributed by atoms with van der Waals surface area (Å²) in [7, 11) is 0. The molecule has 1 amide bonds. The van der Waals surface area contributed by atoms with Crippen molar-refractivity contribution in [3.05, 3.63) is 65.9 Å². The first kappa shape index (κ1) is 25.8. The summed E-state index contributed by atoms with van der Waals surface area (Å²) >= 11 is 0. The van der Waals surface area contributed by atoms with Crippen LogP contribution in [-0.2, 0) is 0 Å². The van der Waals surface area contributed by atoms with Gasteiger partial charge in [-0.15, -0.1) is 0 Å². The van der Waals surface area contributed by atoms with Crippen molar-refractivity contribution in [1.82, 2.24) is 29.4 Å². The van der Waals surface area contributed by atoms with Crippen molar-refractivity contribution < 1.29 is 18.7 Å². The SMILES string of the molecule is O=C(c1ccc(Nc2ncnc3c2c(F)cn3C2CCN(c3ncc(C4CC4)cn3)CC2)c(F)c1)N1CCC(O)C1. The minimum Gasteiger partial charge on any atom is -0.391 e. The molecular weight excluding hydrogens is 530 g/mol. The van der Waals surface area contributed by atoms with Crippen LogP contribution in [0, 0.1) is 11.6 Å². The number of nitrogens with one attached hydrogen (secondary N) is 1. The number of likely N-dealkylation sites (tertiary alicyclic amines) is 1. The Bertz CT molecular complexity index is 1600. The lowest BCUT2D eigenvalue weighted by molar-refractivity contribution is 0.0764. The molecule has 5 heterocycles. The van der Waals surface area contributed by atoms with E-state index in [1.54, 1.807) is 0 Å². The van der Waals surface area contributed by atoms with E-state index < -0.39 is 17.7 Å². The minimum atomic E-state index is -0.665. The number of benzene rings is 1. The van der Waals surface area contributed by atoms with Crippen molar-refractivity contribution in [2.75, 3.05) is 36.4 Å². The number of amides is 1. The molecule has 41 heavy (non-hydrogen) atoms. The number of carbonyl (C=O) groups excluding carboxylic acids is 1. The Kier molecular flexibility index (Phi) is 6.49. The smallest absolute Gasteiger partial charge is 0.254 e. The van der Waals surface area contributed by atoms with Crippen molar-refractivity contribution in [2.45, 2.75) is 50.2 Å². The first-order valence-corrected chi connectivity index (χ1v) is 14.1. The molecule has 3 aliphatic rings. The third-order valence-electron chi connectivity index (χ3n) is 8.33. The summed E-state index contributed by atoms with van der Waals surface area (Å²) < 4.78 is 32.2. The summed E-state index contributed by atoms with van der Waals surface area (Å²) in [4.78, 5) is 34.0. The first-order valence-electron chi connectivity index (χ1n) is 14.1. The number of fused-ring (bicyclic) bond motifs is 1. The van der Waals surface area contributed by atoms with Crippen LogP contribution in [0.5, 0.6) is 0 Å². The van der Waals surface area contributed by atoms with E-state index in [0.29, 0.717) is 24.5 Å². The number of β-amino-alcohol motifs (C(OH)–C–C–N with tert-alkyl or cyclic N) is 1. The summed E-state index contributed by atoms with van der Waals surface area (Å²) in [5.74, 6) is -0.0195. The van der Waals surface area contributed by atoms with Gasteiger partial charge < -0.3 is 24.8 Å². The van der Waals surface area contributed by atoms with Crippen LogP contribution in [0.25, 0.3) is 11.0 Å². The van der Waals surface area contributed by atoms with Crippen LogP contribution in [-0.4, -0.2) is 72.7 Å². The van der Waals surface area contributed by atoms with Crippen molar-refractivity contribution in [3.63, 3.8) is 0 Å². The molecule has 2 saturated heterocycles. The summed E-state index contributed by atoms with van der Waals surface area (Å²) in [5.41, 5.74) is 1.89. The van der Waals surface area contributed by atoms with Gasteiger partial charge in [-0.3, -0.25) is 4.79 Å². The van der Waals surface area contributed by atoms with Gasteiger partial charge in [0.2, 0.25) is 5.95 Å². The number of hydrogen-bond acceptors (Lipinski definition) is 8. The van der Waals surface area contributed by atoms with Gasteiger partial charge in [-0.05, 0) is 61.8 Å². The average molecular weight is 561 g/mol. The predicted molar refractivity (Wildman–Crippen MR) is 148 cm³/mol. The molecular formula is C29H30F2N8O2. The number of aromatic nitrogens is 5. The monoisotopic (exact) mass is 560 g/mol. The molecule has 0 radical (unpaired) electrons. The molecule has 4 aromatic rings. The second-order valence-electron chi connectivity index (χ2n) is 11.1. The number of carbonyl (C=O) groups is 1. The van der Waals surface area contributed by atoms with Gasteiger partial charge in [0.05, 0.1) is 17.2 Å². The van der Waals surface area contributed by atoms with E-state index in [1.807, 2.05) is 17.0 Å². The molecule has 7 rings (SSSR count). The molecule has 3 aromatic heterocycles. The van der Waals surface area contributed by atoms with Crippen molar-refractivity contribution >= 4 is 34.4 Å². The van der Waals surface area contributed by atoms with Crippen molar-refractivity contribution in [3.8, 4) is 0 Å². The van der Waals surface area contributed by atoms with E-state index in [1.165, 1.54) is 48.0 Å². The van der Waals surface area contributed by atoms with E-state index >= 15 is 8.78 Å². The third-order valence-corrected chi connectivity index (χ3v) is 8.33. The first-order chi connectivity index (χ1) is 19.9. The van der Waals surface area contributed by atoms with Gasteiger partial charge in [0, 0.05) is 56.4 Å². The van der Waals surface area contributed by atoms with E-state index in [0.717, 1.165) is 37.9 Å². The Morgan fingerprint density at radius 2 is 1.73 bits per heavy atom. The maximum atomic E-state index is 15.3. The number of piperidine rings is 1. The van der Waals surface area contributed by atoms with Crippen LogP contribution < -0.4 is 10.2 Å². The molecule has 3 fully saturated rings. The van der Waals surface area contributed by atoms with Crippen LogP contribution in [0.15, 0.2) is 43.1 Å². The topological polar surface area (TPSA) is 112 Å². The molecule has 1 aromatic carbocycles. The lowest BCUT2D eigenvalue weighted by Gasteiger charge is -2.32. The van der Waals surface area contributed by atoms with Gasteiger partial charge in [-0.2, -0.15) is 0 Å². The van der Waals surface area contributed by atoms with Crippen molar-refractivity contribution in [1.29, 1.82) is 0 Å². The van der Waals surface area contributed by atoms with Crippen molar-refractivity contribution in [2.24, 2.45) is 0 Å². The highest BCUT2D eigenvalue weighted by molar-refractivity contribution is 5.95. The molecule has 0 bridgehead atoms. The second kappa shape index (κ2) is 10.3. The molecule has 2 N–H and O–H groups in total. The zero-order valence-electron chi connectivity index (χ0n) is 22.4. The lowest BCUT2D eigenvalue weighted by atomic mass is 10.1. The van der Waals surface area contributed by atoms with Crippen LogP contribution in [0.3, 0.4) is 0 Å². The Labute approximate surface area is 235 Å². The number of rotatable bonds is 6. The van der Waals surface area contributed by atoms with Crippen LogP contribution in [0.1, 0.15) is 60.0 Å². The Hall–Kier alpha value is -4.19. The van der Waals surface area contributed by atoms with E-state index in [4.69, 9.17) is 0 Å². The third kappa shape index (κ3) is 4.96. The molecule has 12 heteroatoms. The number of aliphatic hydroxyl groups is 1. The fourth-order valence-corrected chi connectivity index (χ4v) is 5.86. The molecule has 212 valence electrons. The number of hydrogen-bond donors (Lipinski definition) is 2. The van der Waals surface area contributed by atoms with Crippen LogP contribution >= 0.6 is 0 Å². The highest BCUT2D eigenvalue weighted by atomic mass is 19.1. The summed E-state index contributed by atoms with van der Waals surface area (Å²) in [6, 6.07) is 4.12.